The van der Waals surface area contributed by atoms with Gasteiger partial charge in [-0.3, -0.25) is 9.78 Å². The topological polar surface area (TPSA) is 62.2 Å². The van der Waals surface area contributed by atoms with E-state index in [2.05, 4.69) is 26.2 Å². The van der Waals surface area contributed by atoms with Crippen LogP contribution in [0.2, 0.25) is 0 Å². The second-order valence-corrected chi connectivity index (χ2v) is 5.45. The third kappa shape index (κ3) is 2.87. The number of nitrogens with one attached hydrogen (secondary N) is 1. The first-order valence-electron chi connectivity index (χ1n) is 6.28. The standard InChI is InChI=1S/C16H11BrN2O2/c17-11-5-6-15(20)13(8-11)16(21)19-12-7-10-3-1-2-4-14(10)18-9-12/h1-9,20H,(H,19,21). The van der Waals surface area contributed by atoms with E-state index >= 15 is 0 Å². The lowest BCUT2D eigenvalue weighted by Gasteiger charge is -2.08. The van der Waals surface area contributed by atoms with Crippen molar-refractivity contribution < 1.29 is 9.90 Å². The molecule has 0 spiro atoms. The van der Waals surface area contributed by atoms with Crippen LogP contribution in [-0.2, 0) is 0 Å². The van der Waals surface area contributed by atoms with Crippen LogP contribution in [0.1, 0.15) is 10.4 Å². The zero-order valence-electron chi connectivity index (χ0n) is 10.9. The molecule has 0 saturated heterocycles. The fourth-order valence-corrected chi connectivity index (χ4v) is 2.39. The van der Waals surface area contributed by atoms with E-state index in [0.717, 1.165) is 15.4 Å². The van der Waals surface area contributed by atoms with Gasteiger partial charge in [-0.15, -0.1) is 0 Å². The van der Waals surface area contributed by atoms with E-state index in [1.807, 2.05) is 30.3 Å². The number of carbonyl (C=O) groups excluding carboxylic acids is 1. The van der Waals surface area contributed by atoms with Crippen molar-refractivity contribution >= 4 is 38.4 Å². The number of pyridine rings is 1. The monoisotopic (exact) mass is 342 g/mol. The highest BCUT2D eigenvalue weighted by molar-refractivity contribution is 9.10. The first kappa shape index (κ1) is 13.6. The van der Waals surface area contributed by atoms with Gasteiger partial charge >= 0.3 is 0 Å². The number of carbonyl (C=O) groups is 1. The molecule has 104 valence electrons. The van der Waals surface area contributed by atoms with Gasteiger partial charge in [0.2, 0.25) is 0 Å². The number of phenols is 1. The molecule has 0 aliphatic carbocycles. The Morgan fingerprint density at radius 3 is 2.81 bits per heavy atom. The van der Waals surface area contributed by atoms with Gasteiger partial charge in [0.25, 0.3) is 5.91 Å². The molecule has 0 atom stereocenters. The number of hydrogen-bond donors (Lipinski definition) is 2. The molecule has 2 aromatic carbocycles. The molecule has 21 heavy (non-hydrogen) atoms. The van der Waals surface area contributed by atoms with E-state index < -0.39 is 0 Å². The van der Waals surface area contributed by atoms with Crippen molar-refractivity contribution in [1.82, 2.24) is 4.98 Å². The molecule has 0 unspecified atom stereocenters. The molecule has 0 aliphatic heterocycles. The molecule has 1 amide bonds. The summed E-state index contributed by atoms with van der Waals surface area (Å²) in [5.41, 5.74) is 1.65. The van der Waals surface area contributed by atoms with E-state index in [1.54, 1.807) is 18.3 Å². The third-order valence-corrected chi connectivity index (χ3v) is 3.54. The molecule has 3 rings (SSSR count). The molecular formula is C16H11BrN2O2. The lowest BCUT2D eigenvalue weighted by Crippen LogP contribution is -2.12. The summed E-state index contributed by atoms with van der Waals surface area (Å²) >= 11 is 3.28. The van der Waals surface area contributed by atoms with Crippen molar-refractivity contribution in [3.05, 3.63) is 64.8 Å². The number of para-hydroxylation sites is 1. The number of rotatable bonds is 2. The zero-order chi connectivity index (χ0) is 14.8. The van der Waals surface area contributed by atoms with Crippen LogP contribution in [0.4, 0.5) is 5.69 Å². The fraction of sp³-hybridized carbons (Fsp3) is 0. The number of fused-ring (bicyclic) bond motifs is 1. The van der Waals surface area contributed by atoms with Crippen molar-refractivity contribution in [2.45, 2.75) is 0 Å². The minimum Gasteiger partial charge on any atom is -0.507 e. The van der Waals surface area contributed by atoms with Gasteiger partial charge < -0.3 is 10.4 Å². The highest BCUT2D eigenvalue weighted by atomic mass is 79.9. The Bertz CT molecular complexity index is 833. The number of hydrogen-bond acceptors (Lipinski definition) is 3. The highest BCUT2D eigenvalue weighted by Crippen LogP contribution is 2.23. The van der Waals surface area contributed by atoms with Crippen LogP contribution in [0.25, 0.3) is 10.9 Å². The second-order valence-electron chi connectivity index (χ2n) is 4.53. The molecule has 0 fully saturated rings. The van der Waals surface area contributed by atoms with Gasteiger partial charge in [0.05, 0.1) is 23.0 Å². The van der Waals surface area contributed by atoms with Crippen LogP contribution >= 0.6 is 15.9 Å². The molecule has 1 aromatic heterocycles. The van der Waals surface area contributed by atoms with Gasteiger partial charge in [-0.25, -0.2) is 0 Å². The number of aromatic hydroxyl groups is 1. The van der Waals surface area contributed by atoms with Crippen LogP contribution in [0.5, 0.6) is 5.75 Å². The summed E-state index contributed by atoms with van der Waals surface area (Å²) in [6, 6.07) is 14.2. The molecule has 5 heteroatoms. The van der Waals surface area contributed by atoms with Crippen LogP contribution in [-0.4, -0.2) is 16.0 Å². The molecule has 4 nitrogen and oxygen atoms in total. The Balaban J connectivity index is 1.90. The maximum Gasteiger partial charge on any atom is 0.259 e. The minimum absolute atomic E-state index is 0.0653. The summed E-state index contributed by atoms with van der Waals surface area (Å²) in [7, 11) is 0. The maximum atomic E-state index is 12.2. The Kier molecular flexibility index (Phi) is 3.58. The van der Waals surface area contributed by atoms with Crippen molar-refractivity contribution in [2.75, 3.05) is 5.32 Å². The first-order valence-corrected chi connectivity index (χ1v) is 7.07. The number of anilines is 1. The fourth-order valence-electron chi connectivity index (χ4n) is 2.03. The van der Waals surface area contributed by atoms with Gasteiger partial charge in [-0.05, 0) is 30.3 Å². The number of amides is 1. The van der Waals surface area contributed by atoms with Gasteiger partial charge in [-0.2, -0.15) is 0 Å². The number of phenolic OH excluding ortho intramolecular Hbond substituents is 1. The van der Waals surface area contributed by atoms with Gasteiger partial charge in [-0.1, -0.05) is 34.1 Å². The van der Waals surface area contributed by atoms with E-state index in [-0.39, 0.29) is 17.2 Å². The average Bonchev–Trinajstić information content (AvgIpc) is 2.49. The van der Waals surface area contributed by atoms with Crippen molar-refractivity contribution in [3.8, 4) is 5.75 Å². The van der Waals surface area contributed by atoms with E-state index in [9.17, 15) is 9.90 Å². The summed E-state index contributed by atoms with van der Waals surface area (Å²) in [5, 5.41) is 13.4. The first-order chi connectivity index (χ1) is 10.1. The quantitative estimate of drug-likeness (QED) is 0.741. The lowest BCUT2D eigenvalue weighted by atomic mass is 10.1. The van der Waals surface area contributed by atoms with E-state index in [1.165, 1.54) is 6.07 Å². The van der Waals surface area contributed by atoms with Gasteiger partial charge in [0, 0.05) is 9.86 Å². The van der Waals surface area contributed by atoms with Crippen LogP contribution < -0.4 is 5.32 Å². The van der Waals surface area contributed by atoms with Crippen LogP contribution in [0, 0.1) is 0 Å². The molecule has 3 aromatic rings. The molecule has 0 radical (unpaired) electrons. The van der Waals surface area contributed by atoms with Crippen molar-refractivity contribution in [2.24, 2.45) is 0 Å². The molecule has 2 N–H and O–H groups in total. The largest absolute Gasteiger partial charge is 0.507 e. The van der Waals surface area contributed by atoms with Gasteiger partial charge in [0.15, 0.2) is 0 Å². The maximum absolute atomic E-state index is 12.2. The third-order valence-electron chi connectivity index (χ3n) is 3.05. The Hall–Kier alpha value is -2.40. The summed E-state index contributed by atoms with van der Waals surface area (Å²) < 4.78 is 0.724. The smallest absolute Gasteiger partial charge is 0.259 e. The van der Waals surface area contributed by atoms with E-state index in [0.29, 0.717) is 5.69 Å². The molecule has 0 aliphatic rings. The summed E-state index contributed by atoms with van der Waals surface area (Å²) in [4.78, 5) is 16.5. The SMILES string of the molecule is O=C(Nc1cnc2ccccc2c1)c1cc(Br)ccc1O. The number of nitrogens with zero attached hydrogens (tertiary/aromatic N) is 1. The minimum atomic E-state index is -0.383. The number of aromatic nitrogens is 1. The summed E-state index contributed by atoms with van der Waals surface area (Å²) in [6.07, 6.45) is 1.59. The lowest BCUT2D eigenvalue weighted by molar-refractivity contribution is 0.102. The molecule has 0 bridgehead atoms. The molecule has 0 saturated carbocycles. The van der Waals surface area contributed by atoms with E-state index in [4.69, 9.17) is 0 Å². The van der Waals surface area contributed by atoms with Crippen molar-refractivity contribution in [1.29, 1.82) is 0 Å². The Labute approximate surface area is 129 Å². The van der Waals surface area contributed by atoms with Crippen molar-refractivity contribution in [3.63, 3.8) is 0 Å². The second kappa shape index (κ2) is 5.54. The summed E-state index contributed by atoms with van der Waals surface area (Å²) in [5.74, 6) is -0.449. The van der Waals surface area contributed by atoms with Gasteiger partial charge in [0.1, 0.15) is 5.75 Å². The van der Waals surface area contributed by atoms with Crippen LogP contribution in [0.15, 0.2) is 59.2 Å². The predicted octanol–water partition coefficient (Wildman–Crippen LogP) is 3.96. The molecule has 1 heterocycles. The summed E-state index contributed by atoms with van der Waals surface area (Å²) in [6.45, 7) is 0. The highest BCUT2D eigenvalue weighted by Gasteiger charge is 2.12. The number of halogens is 1. The average molecular weight is 343 g/mol. The van der Waals surface area contributed by atoms with Crippen LogP contribution in [0.3, 0.4) is 0 Å². The Morgan fingerprint density at radius 1 is 1.14 bits per heavy atom. The zero-order valence-corrected chi connectivity index (χ0v) is 12.5. The Morgan fingerprint density at radius 2 is 1.95 bits per heavy atom. The number of benzene rings is 2. The predicted molar refractivity (Wildman–Crippen MR) is 85.5 cm³/mol. The normalized spacial score (nSPS) is 10.5. The molecular weight excluding hydrogens is 332 g/mol.